The van der Waals surface area contributed by atoms with Crippen LogP contribution in [0.15, 0.2) is 18.2 Å². The van der Waals surface area contributed by atoms with Gasteiger partial charge in [0.25, 0.3) is 11.8 Å². The number of aryl methyl sites for hydroxylation is 1. The van der Waals surface area contributed by atoms with Crippen molar-refractivity contribution in [2.75, 3.05) is 6.54 Å². The van der Waals surface area contributed by atoms with Crippen LogP contribution in [-0.2, 0) is 4.79 Å². The first-order valence-corrected chi connectivity index (χ1v) is 5.26. The highest BCUT2D eigenvalue weighted by molar-refractivity contribution is 6.22. The Hall–Kier alpha value is -2.17. The number of fused-ring (bicyclic) bond motifs is 1. The zero-order valence-corrected chi connectivity index (χ0v) is 9.40. The van der Waals surface area contributed by atoms with Crippen molar-refractivity contribution in [1.82, 2.24) is 4.90 Å². The fourth-order valence-corrected chi connectivity index (χ4v) is 1.93. The molecule has 1 aromatic carbocycles. The van der Waals surface area contributed by atoms with Gasteiger partial charge in [0.1, 0.15) is 0 Å². The zero-order valence-electron chi connectivity index (χ0n) is 9.40. The van der Waals surface area contributed by atoms with E-state index in [4.69, 9.17) is 5.73 Å². The van der Waals surface area contributed by atoms with Gasteiger partial charge in [0.05, 0.1) is 11.1 Å². The van der Waals surface area contributed by atoms with Gasteiger partial charge in [-0.15, -0.1) is 0 Å². The van der Waals surface area contributed by atoms with Crippen molar-refractivity contribution in [3.05, 3.63) is 34.9 Å². The summed E-state index contributed by atoms with van der Waals surface area (Å²) in [6, 6.07) is 5.13. The molecule has 88 valence electrons. The van der Waals surface area contributed by atoms with Crippen LogP contribution < -0.4 is 5.73 Å². The highest BCUT2D eigenvalue weighted by atomic mass is 16.2. The Balaban J connectivity index is 2.33. The molecular formula is C12H12N2O3. The predicted molar refractivity (Wildman–Crippen MR) is 60.4 cm³/mol. The van der Waals surface area contributed by atoms with Gasteiger partial charge in [-0.05, 0) is 18.6 Å². The SMILES string of the molecule is Cc1cccc2c1C(=O)N(CCC(N)=O)C2=O. The van der Waals surface area contributed by atoms with E-state index in [1.807, 2.05) is 0 Å². The highest BCUT2D eigenvalue weighted by Crippen LogP contribution is 2.25. The third-order valence-corrected chi connectivity index (χ3v) is 2.79. The van der Waals surface area contributed by atoms with Crippen LogP contribution >= 0.6 is 0 Å². The van der Waals surface area contributed by atoms with E-state index in [0.717, 1.165) is 10.5 Å². The number of imide groups is 1. The van der Waals surface area contributed by atoms with Gasteiger partial charge >= 0.3 is 0 Å². The molecule has 5 heteroatoms. The van der Waals surface area contributed by atoms with Crippen molar-refractivity contribution in [3.63, 3.8) is 0 Å². The van der Waals surface area contributed by atoms with E-state index in [2.05, 4.69) is 0 Å². The van der Waals surface area contributed by atoms with E-state index in [-0.39, 0.29) is 24.8 Å². The van der Waals surface area contributed by atoms with E-state index in [1.54, 1.807) is 25.1 Å². The van der Waals surface area contributed by atoms with Crippen LogP contribution in [0.5, 0.6) is 0 Å². The minimum absolute atomic E-state index is 0.00941. The Bertz CT molecular complexity index is 522. The number of hydrogen-bond donors (Lipinski definition) is 1. The smallest absolute Gasteiger partial charge is 0.261 e. The molecule has 0 aliphatic carbocycles. The highest BCUT2D eigenvalue weighted by Gasteiger charge is 2.36. The maximum Gasteiger partial charge on any atom is 0.261 e. The topological polar surface area (TPSA) is 80.5 Å². The van der Waals surface area contributed by atoms with Gasteiger partial charge in [-0.3, -0.25) is 19.3 Å². The first kappa shape index (κ1) is 11.3. The van der Waals surface area contributed by atoms with E-state index in [9.17, 15) is 14.4 Å². The lowest BCUT2D eigenvalue weighted by atomic mass is 10.0. The molecule has 5 nitrogen and oxygen atoms in total. The van der Waals surface area contributed by atoms with Gasteiger partial charge in [0.15, 0.2) is 0 Å². The second-order valence-electron chi connectivity index (χ2n) is 3.98. The minimum Gasteiger partial charge on any atom is -0.370 e. The van der Waals surface area contributed by atoms with Crippen molar-refractivity contribution in [1.29, 1.82) is 0 Å². The lowest BCUT2D eigenvalue weighted by Crippen LogP contribution is -2.33. The van der Waals surface area contributed by atoms with E-state index < -0.39 is 5.91 Å². The number of carbonyl (C=O) groups is 3. The van der Waals surface area contributed by atoms with Gasteiger partial charge in [0, 0.05) is 13.0 Å². The number of nitrogens with two attached hydrogens (primary N) is 1. The standard InChI is InChI=1S/C12H12N2O3/c1-7-3-2-4-8-10(7)12(17)14(11(8)16)6-5-9(13)15/h2-4H,5-6H2,1H3,(H2,13,15). The molecule has 1 heterocycles. The van der Waals surface area contributed by atoms with Crippen LogP contribution in [0.3, 0.4) is 0 Å². The number of rotatable bonds is 3. The Morgan fingerprint density at radius 2 is 2.00 bits per heavy atom. The Kier molecular flexibility index (Phi) is 2.67. The molecule has 1 aliphatic rings. The molecule has 2 rings (SSSR count). The Morgan fingerprint density at radius 3 is 2.59 bits per heavy atom. The van der Waals surface area contributed by atoms with Gasteiger partial charge < -0.3 is 5.73 Å². The first-order valence-electron chi connectivity index (χ1n) is 5.26. The zero-order chi connectivity index (χ0) is 12.6. The van der Waals surface area contributed by atoms with E-state index in [1.165, 1.54) is 0 Å². The monoisotopic (exact) mass is 232 g/mol. The lowest BCUT2D eigenvalue weighted by Gasteiger charge is -2.11. The van der Waals surface area contributed by atoms with Crippen molar-refractivity contribution >= 4 is 17.7 Å². The summed E-state index contributed by atoms with van der Waals surface area (Å²) in [7, 11) is 0. The molecule has 17 heavy (non-hydrogen) atoms. The van der Waals surface area contributed by atoms with Crippen molar-refractivity contribution < 1.29 is 14.4 Å². The molecule has 3 amide bonds. The van der Waals surface area contributed by atoms with Crippen LogP contribution in [0.1, 0.15) is 32.7 Å². The normalized spacial score (nSPS) is 14.1. The first-order chi connectivity index (χ1) is 8.02. The average Bonchev–Trinajstić information content (AvgIpc) is 2.50. The van der Waals surface area contributed by atoms with Gasteiger partial charge in [-0.1, -0.05) is 12.1 Å². The van der Waals surface area contributed by atoms with Crippen LogP contribution in [0, 0.1) is 6.92 Å². The number of amides is 3. The summed E-state index contributed by atoms with van der Waals surface area (Å²) < 4.78 is 0. The Labute approximate surface area is 98.2 Å². The molecule has 0 fully saturated rings. The minimum atomic E-state index is -0.529. The molecule has 0 atom stereocenters. The largest absolute Gasteiger partial charge is 0.370 e. The summed E-state index contributed by atoms with van der Waals surface area (Å²) in [6.45, 7) is 1.82. The molecular weight excluding hydrogens is 220 g/mol. The van der Waals surface area contributed by atoms with Crippen LogP contribution in [-0.4, -0.2) is 29.2 Å². The summed E-state index contributed by atoms with van der Waals surface area (Å²) in [5.74, 6) is -1.22. The summed E-state index contributed by atoms with van der Waals surface area (Å²) in [5, 5.41) is 0. The van der Waals surface area contributed by atoms with Crippen LogP contribution in [0.2, 0.25) is 0 Å². The van der Waals surface area contributed by atoms with Crippen LogP contribution in [0.4, 0.5) is 0 Å². The molecule has 2 N–H and O–H groups in total. The van der Waals surface area contributed by atoms with Crippen molar-refractivity contribution in [3.8, 4) is 0 Å². The van der Waals surface area contributed by atoms with Crippen LogP contribution in [0.25, 0.3) is 0 Å². The quantitative estimate of drug-likeness (QED) is 0.769. The second-order valence-corrected chi connectivity index (χ2v) is 3.98. The summed E-state index contributed by atoms with van der Waals surface area (Å²) >= 11 is 0. The van der Waals surface area contributed by atoms with Crippen molar-refractivity contribution in [2.24, 2.45) is 5.73 Å². The predicted octanol–water partition coefficient (Wildman–Crippen LogP) is 0.466. The number of nitrogens with zero attached hydrogens (tertiary/aromatic N) is 1. The lowest BCUT2D eigenvalue weighted by molar-refractivity contribution is -0.118. The molecule has 0 unspecified atom stereocenters. The second kappa shape index (κ2) is 4.01. The summed E-state index contributed by atoms with van der Waals surface area (Å²) in [6.07, 6.45) is -0.00941. The van der Waals surface area contributed by atoms with Gasteiger partial charge in [0.2, 0.25) is 5.91 Å². The van der Waals surface area contributed by atoms with Gasteiger partial charge in [-0.2, -0.15) is 0 Å². The number of primary amides is 1. The average molecular weight is 232 g/mol. The fourth-order valence-electron chi connectivity index (χ4n) is 1.93. The Morgan fingerprint density at radius 1 is 1.29 bits per heavy atom. The van der Waals surface area contributed by atoms with Crippen molar-refractivity contribution in [2.45, 2.75) is 13.3 Å². The maximum absolute atomic E-state index is 12.0. The fraction of sp³-hybridized carbons (Fsp3) is 0.250. The third kappa shape index (κ3) is 1.80. The molecule has 0 aromatic heterocycles. The maximum atomic E-state index is 12.0. The molecule has 0 radical (unpaired) electrons. The van der Waals surface area contributed by atoms with E-state index in [0.29, 0.717) is 11.1 Å². The molecule has 1 aliphatic heterocycles. The number of hydrogen-bond acceptors (Lipinski definition) is 3. The molecule has 0 bridgehead atoms. The summed E-state index contributed by atoms with van der Waals surface area (Å²) in [4.78, 5) is 35.7. The molecule has 0 spiro atoms. The molecule has 0 saturated carbocycles. The third-order valence-electron chi connectivity index (χ3n) is 2.79. The van der Waals surface area contributed by atoms with Gasteiger partial charge in [-0.25, -0.2) is 0 Å². The van der Waals surface area contributed by atoms with E-state index >= 15 is 0 Å². The summed E-state index contributed by atoms with van der Waals surface area (Å²) in [5.41, 5.74) is 6.61. The molecule has 1 aromatic rings. The number of carbonyl (C=O) groups excluding carboxylic acids is 3. The molecule has 0 saturated heterocycles. The number of benzene rings is 1.